The van der Waals surface area contributed by atoms with Gasteiger partial charge in [-0.1, -0.05) is 0 Å². The first kappa shape index (κ1) is 21.9. The van der Waals surface area contributed by atoms with E-state index in [1.165, 1.54) is 0 Å². The number of aliphatic hydroxyl groups excluding tert-OH is 5. The van der Waals surface area contributed by atoms with Crippen LogP contribution >= 0.6 is 0 Å². The molecular formula is C8H21NO10S. The molecule has 0 bridgehead atoms. The molecule has 1 unspecified atom stereocenters. The highest BCUT2D eigenvalue weighted by Gasteiger charge is 2.41. The molecule has 0 aliphatic carbocycles. The molecule has 11 nitrogen and oxygen atoms in total. The van der Waals surface area contributed by atoms with Crippen LogP contribution in [0.3, 0.4) is 0 Å². The van der Waals surface area contributed by atoms with Crippen molar-refractivity contribution in [1.29, 1.82) is 0 Å². The number of rotatable bonds is 1. The largest absolute Gasteiger partial charge is 0.397 e. The Balaban J connectivity index is 0. The lowest BCUT2D eigenvalue weighted by Crippen LogP contribution is -2.61. The summed E-state index contributed by atoms with van der Waals surface area (Å²) in [6.07, 6.45) is -4.85. The van der Waals surface area contributed by atoms with Crippen molar-refractivity contribution >= 4 is 10.4 Å². The molecule has 0 spiro atoms. The fourth-order valence-electron chi connectivity index (χ4n) is 1.12. The van der Waals surface area contributed by atoms with Crippen LogP contribution in [0.2, 0.25) is 0 Å². The topological polar surface area (TPSA) is 211 Å². The van der Waals surface area contributed by atoms with Gasteiger partial charge < -0.3 is 36.0 Å². The standard InChI is InChI=1S/C6H13NO5.C2H6O.H2O4S/c7-3-5(10)4(9)2(1-8)12-6(3)11;1-2-3;1-5(2,3)4/h2-6,8-11H,1,7H2;3H,2H2,1H3;(H2,1,2,3,4)/t2-,3-,4-,5-,6?;;/m1../s1. The second-order valence-electron chi connectivity index (χ2n) is 3.57. The quantitative estimate of drug-likeness (QED) is 0.218. The van der Waals surface area contributed by atoms with E-state index < -0.39 is 47.6 Å². The van der Waals surface area contributed by atoms with Crippen molar-refractivity contribution in [2.75, 3.05) is 13.2 Å². The molecule has 0 radical (unpaired) electrons. The molecule has 5 atom stereocenters. The van der Waals surface area contributed by atoms with Gasteiger partial charge in [0.15, 0.2) is 6.29 Å². The molecule has 20 heavy (non-hydrogen) atoms. The molecule has 1 fully saturated rings. The Kier molecular flexibility index (Phi) is 11.3. The predicted molar refractivity (Wildman–Crippen MR) is 64.9 cm³/mol. The number of hydrogen-bond donors (Lipinski definition) is 8. The average Bonchev–Trinajstić information content (AvgIpc) is 2.30. The maximum atomic E-state index is 9.20. The van der Waals surface area contributed by atoms with Gasteiger partial charge in [-0.2, -0.15) is 8.42 Å². The number of hydrogen-bond acceptors (Lipinski definition) is 9. The van der Waals surface area contributed by atoms with Crippen LogP contribution in [0.25, 0.3) is 0 Å². The zero-order valence-corrected chi connectivity index (χ0v) is 11.5. The van der Waals surface area contributed by atoms with Gasteiger partial charge in [0.05, 0.1) is 12.6 Å². The predicted octanol–water partition coefficient (Wildman–Crippen LogP) is -3.91. The van der Waals surface area contributed by atoms with Gasteiger partial charge in [-0.05, 0) is 6.92 Å². The molecule has 1 aliphatic heterocycles. The summed E-state index contributed by atoms with van der Waals surface area (Å²) in [6, 6.07) is -1.04. The van der Waals surface area contributed by atoms with Crippen LogP contribution < -0.4 is 5.73 Å². The molecule has 9 N–H and O–H groups in total. The van der Waals surface area contributed by atoms with Gasteiger partial charge in [-0.15, -0.1) is 0 Å². The van der Waals surface area contributed by atoms with Crippen LogP contribution in [0.1, 0.15) is 6.92 Å². The number of ether oxygens (including phenoxy) is 1. The van der Waals surface area contributed by atoms with Crippen molar-refractivity contribution < 1.29 is 47.8 Å². The third-order valence-corrected chi connectivity index (χ3v) is 1.95. The van der Waals surface area contributed by atoms with Crippen LogP contribution in [-0.2, 0) is 15.1 Å². The molecule has 1 heterocycles. The molecule has 0 saturated carbocycles. The first-order chi connectivity index (χ1) is 8.99. The van der Waals surface area contributed by atoms with Crippen LogP contribution in [0.15, 0.2) is 0 Å². The summed E-state index contributed by atoms with van der Waals surface area (Å²) in [6.45, 7) is 1.46. The number of aliphatic hydroxyl groups is 5. The zero-order valence-electron chi connectivity index (χ0n) is 10.6. The van der Waals surface area contributed by atoms with Crippen molar-refractivity contribution in [3.63, 3.8) is 0 Å². The summed E-state index contributed by atoms with van der Waals surface area (Å²) in [5, 5.41) is 43.6. The summed E-state index contributed by atoms with van der Waals surface area (Å²) in [5.41, 5.74) is 5.26. The van der Waals surface area contributed by atoms with Gasteiger partial charge >= 0.3 is 10.4 Å². The lowest BCUT2D eigenvalue weighted by Gasteiger charge is -2.38. The van der Waals surface area contributed by atoms with Crippen molar-refractivity contribution in [3.05, 3.63) is 0 Å². The van der Waals surface area contributed by atoms with E-state index in [1.807, 2.05) is 0 Å². The summed E-state index contributed by atoms with van der Waals surface area (Å²) in [7, 11) is -4.67. The van der Waals surface area contributed by atoms with Crippen molar-refractivity contribution in [2.45, 2.75) is 37.6 Å². The van der Waals surface area contributed by atoms with Gasteiger partial charge in [-0.3, -0.25) is 9.11 Å². The minimum atomic E-state index is -4.67. The smallest absolute Gasteiger partial charge is 0.394 e. The third kappa shape index (κ3) is 10.4. The van der Waals surface area contributed by atoms with Crippen molar-refractivity contribution in [1.82, 2.24) is 0 Å². The van der Waals surface area contributed by atoms with E-state index in [0.29, 0.717) is 0 Å². The van der Waals surface area contributed by atoms with Crippen LogP contribution in [0.5, 0.6) is 0 Å². The maximum Gasteiger partial charge on any atom is 0.394 e. The minimum Gasteiger partial charge on any atom is -0.397 e. The molecule has 1 rings (SSSR count). The van der Waals surface area contributed by atoms with Crippen LogP contribution in [0.4, 0.5) is 0 Å². The molecule has 1 saturated heterocycles. The Morgan fingerprint density at radius 1 is 1.10 bits per heavy atom. The SMILES string of the molecule is CCO.N[C@H]1C(O)O[C@H](CO)[C@@H](O)[C@@H]1O.O=S(=O)(O)O. The molecule has 0 amide bonds. The highest BCUT2D eigenvalue weighted by Crippen LogP contribution is 2.17. The van der Waals surface area contributed by atoms with E-state index in [9.17, 15) is 10.2 Å². The Bertz CT molecular complexity index is 323. The maximum absolute atomic E-state index is 9.20. The molecule has 12 heteroatoms. The Labute approximate surface area is 115 Å². The molecular weight excluding hydrogens is 302 g/mol. The van der Waals surface area contributed by atoms with Crippen LogP contribution in [-0.4, -0.2) is 86.9 Å². The molecule has 0 aromatic heterocycles. The van der Waals surface area contributed by atoms with Gasteiger partial charge in [0.25, 0.3) is 0 Å². The lowest BCUT2D eigenvalue weighted by molar-refractivity contribution is -0.248. The zero-order chi connectivity index (χ0) is 16.5. The van der Waals surface area contributed by atoms with Gasteiger partial charge in [0, 0.05) is 6.61 Å². The van der Waals surface area contributed by atoms with Gasteiger partial charge in [0.1, 0.15) is 18.3 Å². The van der Waals surface area contributed by atoms with Gasteiger partial charge in [0.2, 0.25) is 0 Å². The van der Waals surface area contributed by atoms with E-state index >= 15 is 0 Å². The average molecular weight is 323 g/mol. The number of nitrogens with two attached hydrogens (primary N) is 1. The fourth-order valence-corrected chi connectivity index (χ4v) is 1.12. The lowest BCUT2D eigenvalue weighted by atomic mass is 9.98. The highest BCUT2D eigenvalue weighted by molar-refractivity contribution is 7.79. The molecule has 0 aromatic carbocycles. The van der Waals surface area contributed by atoms with E-state index in [0.717, 1.165) is 0 Å². The summed E-state index contributed by atoms with van der Waals surface area (Å²) < 4.78 is 36.3. The van der Waals surface area contributed by atoms with E-state index in [1.54, 1.807) is 6.92 Å². The fraction of sp³-hybridized carbons (Fsp3) is 1.00. The van der Waals surface area contributed by atoms with Gasteiger partial charge in [-0.25, -0.2) is 0 Å². The third-order valence-electron chi connectivity index (χ3n) is 1.95. The van der Waals surface area contributed by atoms with Crippen molar-refractivity contribution in [2.24, 2.45) is 5.73 Å². The second kappa shape index (κ2) is 10.3. The first-order valence-electron chi connectivity index (χ1n) is 5.36. The Morgan fingerprint density at radius 2 is 1.45 bits per heavy atom. The molecule has 1 aliphatic rings. The minimum absolute atomic E-state index is 0.250. The Morgan fingerprint density at radius 3 is 1.75 bits per heavy atom. The normalized spacial score (nSPS) is 33.4. The first-order valence-corrected chi connectivity index (χ1v) is 6.76. The van der Waals surface area contributed by atoms with Crippen molar-refractivity contribution in [3.8, 4) is 0 Å². The summed E-state index contributed by atoms with van der Waals surface area (Å²) in [4.78, 5) is 0. The summed E-state index contributed by atoms with van der Waals surface area (Å²) in [5.74, 6) is 0. The second-order valence-corrected chi connectivity index (χ2v) is 4.47. The molecule has 0 aromatic rings. The van der Waals surface area contributed by atoms with E-state index in [2.05, 4.69) is 0 Å². The molecule has 124 valence electrons. The highest BCUT2D eigenvalue weighted by atomic mass is 32.3. The Hall–Kier alpha value is -0.410. The van der Waals surface area contributed by atoms with E-state index in [4.69, 9.17) is 43.3 Å². The summed E-state index contributed by atoms with van der Waals surface area (Å²) >= 11 is 0. The van der Waals surface area contributed by atoms with E-state index in [-0.39, 0.29) is 6.61 Å². The van der Waals surface area contributed by atoms with Crippen LogP contribution in [0, 0.1) is 0 Å². The monoisotopic (exact) mass is 323 g/mol.